The third-order valence-electron chi connectivity index (χ3n) is 5.22. The van der Waals surface area contributed by atoms with Crippen LogP contribution in [0.25, 0.3) is 0 Å². The molecule has 1 amide bonds. The number of amides is 1. The molecular formula is C27H29N3O7S2. The van der Waals surface area contributed by atoms with Crippen molar-refractivity contribution in [3.05, 3.63) is 78.4 Å². The number of benzene rings is 3. The number of rotatable bonds is 13. The Morgan fingerprint density at radius 3 is 2.36 bits per heavy atom. The van der Waals surface area contributed by atoms with Gasteiger partial charge in [-0.2, -0.15) is 5.10 Å². The van der Waals surface area contributed by atoms with Gasteiger partial charge in [0.1, 0.15) is 18.0 Å². The monoisotopic (exact) mass is 571 g/mol. The third-order valence-corrected chi connectivity index (χ3v) is 7.75. The van der Waals surface area contributed by atoms with Crippen LogP contribution >= 0.6 is 11.8 Å². The minimum atomic E-state index is -4.08. The normalized spacial score (nSPS) is 11.2. The lowest BCUT2D eigenvalue weighted by Crippen LogP contribution is -2.39. The summed E-state index contributed by atoms with van der Waals surface area (Å²) in [5, 5.41) is 3.94. The van der Waals surface area contributed by atoms with Gasteiger partial charge in [-0.05, 0) is 79.4 Å². The van der Waals surface area contributed by atoms with E-state index in [0.29, 0.717) is 29.4 Å². The highest BCUT2D eigenvalue weighted by atomic mass is 32.2. The van der Waals surface area contributed by atoms with Crippen molar-refractivity contribution in [2.75, 3.05) is 37.4 Å². The van der Waals surface area contributed by atoms with Crippen molar-refractivity contribution in [2.45, 2.75) is 16.7 Å². The summed E-state index contributed by atoms with van der Waals surface area (Å²) in [6.07, 6.45) is 3.27. The molecule has 0 saturated carbocycles. The van der Waals surface area contributed by atoms with Crippen LogP contribution < -0.4 is 19.2 Å². The molecule has 12 heteroatoms. The molecule has 3 rings (SSSR count). The van der Waals surface area contributed by atoms with Gasteiger partial charge in [0.15, 0.2) is 6.61 Å². The quantitative estimate of drug-likeness (QED) is 0.143. The highest BCUT2D eigenvalue weighted by Crippen LogP contribution is 2.27. The summed E-state index contributed by atoms with van der Waals surface area (Å²) < 4.78 is 43.5. The van der Waals surface area contributed by atoms with Crippen LogP contribution in [0.15, 0.2) is 87.7 Å². The number of hydrogen-bond acceptors (Lipinski definition) is 9. The SMILES string of the molecule is CCOc1ccc(N(CC(=O)N/N=C\c2cccc(OCC(=O)OC)c2)S(=O)(=O)c2ccc(SC)cc2)cc1. The molecule has 0 aliphatic heterocycles. The zero-order valence-corrected chi connectivity index (χ0v) is 23.3. The maximum atomic E-state index is 13.6. The lowest BCUT2D eigenvalue weighted by Gasteiger charge is -2.24. The minimum Gasteiger partial charge on any atom is -0.494 e. The van der Waals surface area contributed by atoms with Crippen LogP contribution in [-0.4, -0.2) is 59.6 Å². The molecule has 0 aliphatic rings. The fraction of sp³-hybridized carbons (Fsp3) is 0.222. The number of thioether (sulfide) groups is 1. The van der Waals surface area contributed by atoms with Crippen LogP contribution in [0, 0.1) is 0 Å². The smallest absolute Gasteiger partial charge is 0.343 e. The van der Waals surface area contributed by atoms with E-state index in [0.717, 1.165) is 9.20 Å². The topological polar surface area (TPSA) is 124 Å². The molecule has 39 heavy (non-hydrogen) atoms. The molecule has 206 valence electrons. The first-order chi connectivity index (χ1) is 18.8. The van der Waals surface area contributed by atoms with E-state index < -0.39 is 28.4 Å². The van der Waals surface area contributed by atoms with Gasteiger partial charge in [-0.1, -0.05) is 12.1 Å². The van der Waals surface area contributed by atoms with E-state index in [2.05, 4.69) is 15.3 Å². The maximum Gasteiger partial charge on any atom is 0.343 e. The molecule has 3 aromatic rings. The molecule has 0 bridgehead atoms. The average Bonchev–Trinajstić information content (AvgIpc) is 2.95. The zero-order valence-electron chi connectivity index (χ0n) is 21.7. The summed E-state index contributed by atoms with van der Waals surface area (Å²) in [5.41, 5.74) is 3.24. The van der Waals surface area contributed by atoms with Crippen molar-refractivity contribution in [1.82, 2.24) is 5.43 Å². The number of ether oxygens (including phenoxy) is 3. The number of esters is 1. The van der Waals surface area contributed by atoms with Crippen molar-refractivity contribution in [1.29, 1.82) is 0 Å². The van der Waals surface area contributed by atoms with Crippen LogP contribution in [0.2, 0.25) is 0 Å². The van der Waals surface area contributed by atoms with Gasteiger partial charge in [-0.3, -0.25) is 9.10 Å². The second kappa shape index (κ2) is 14.2. The van der Waals surface area contributed by atoms with Crippen molar-refractivity contribution >= 4 is 45.6 Å². The fourth-order valence-electron chi connectivity index (χ4n) is 3.30. The van der Waals surface area contributed by atoms with E-state index >= 15 is 0 Å². The van der Waals surface area contributed by atoms with Crippen molar-refractivity contribution in [2.24, 2.45) is 5.10 Å². The zero-order chi connectivity index (χ0) is 28.3. The third kappa shape index (κ3) is 8.48. The van der Waals surface area contributed by atoms with Gasteiger partial charge in [-0.25, -0.2) is 18.6 Å². The second-order valence-corrected chi connectivity index (χ2v) is 10.6. The Bertz CT molecular complexity index is 1390. The Morgan fingerprint density at radius 2 is 1.72 bits per heavy atom. The highest BCUT2D eigenvalue weighted by Gasteiger charge is 2.27. The largest absolute Gasteiger partial charge is 0.494 e. The summed E-state index contributed by atoms with van der Waals surface area (Å²) in [5.74, 6) is -0.179. The van der Waals surface area contributed by atoms with E-state index in [4.69, 9.17) is 9.47 Å². The van der Waals surface area contributed by atoms with Gasteiger partial charge in [-0.15, -0.1) is 11.8 Å². The summed E-state index contributed by atoms with van der Waals surface area (Å²) in [6, 6.07) is 19.6. The van der Waals surface area contributed by atoms with E-state index in [1.165, 1.54) is 37.2 Å². The van der Waals surface area contributed by atoms with Crippen molar-refractivity contribution in [3.8, 4) is 11.5 Å². The molecule has 0 fully saturated rings. The van der Waals surface area contributed by atoms with Crippen LogP contribution in [0.1, 0.15) is 12.5 Å². The standard InChI is InChI=1S/C27H29N3O7S2/c1-4-36-22-10-8-21(9-11-22)30(39(33,34)25-14-12-24(38-3)13-15-25)18-26(31)29-28-17-20-6-5-7-23(16-20)37-19-27(32)35-2/h5-17H,4,18-19H2,1-3H3,(H,29,31)/b28-17-. The molecule has 0 aromatic heterocycles. The Labute approximate surface area is 232 Å². The fourth-order valence-corrected chi connectivity index (χ4v) is 5.12. The Balaban J connectivity index is 1.77. The number of carbonyl (C=O) groups excluding carboxylic acids is 2. The van der Waals surface area contributed by atoms with E-state index in [-0.39, 0.29) is 11.5 Å². The summed E-state index contributed by atoms with van der Waals surface area (Å²) in [7, 11) is -2.82. The summed E-state index contributed by atoms with van der Waals surface area (Å²) in [4.78, 5) is 25.0. The van der Waals surface area contributed by atoms with Gasteiger partial charge >= 0.3 is 5.97 Å². The lowest BCUT2D eigenvalue weighted by atomic mass is 10.2. The molecule has 0 aliphatic carbocycles. The van der Waals surface area contributed by atoms with E-state index in [1.54, 1.807) is 60.7 Å². The van der Waals surface area contributed by atoms with Crippen LogP contribution in [0.3, 0.4) is 0 Å². The number of nitrogens with one attached hydrogen (secondary N) is 1. The minimum absolute atomic E-state index is 0.0502. The predicted octanol–water partition coefficient (Wildman–Crippen LogP) is 3.70. The number of carbonyl (C=O) groups is 2. The molecule has 0 unspecified atom stereocenters. The predicted molar refractivity (Wildman–Crippen MR) is 150 cm³/mol. The van der Waals surface area contributed by atoms with Crippen LogP contribution in [-0.2, 0) is 24.3 Å². The lowest BCUT2D eigenvalue weighted by molar-refractivity contribution is -0.142. The number of nitrogens with zero attached hydrogens (tertiary/aromatic N) is 2. The summed E-state index contributed by atoms with van der Waals surface area (Å²) in [6.45, 7) is 1.55. The summed E-state index contributed by atoms with van der Waals surface area (Å²) >= 11 is 1.49. The van der Waals surface area contributed by atoms with E-state index in [1.807, 2.05) is 13.2 Å². The molecule has 0 saturated heterocycles. The van der Waals surface area contributed by atoms with E-state index in [9.17, 15) is 18.0 Å². The Morgan fingerprint density at radius 1 is 1.00 bits per heavy atom. The van der Waals surface area contributed by atoms with Gasteiger partial charge < -0.3 is 14.2 Å². The average molecular weight is 572 g/mol. The molecule has 0 heterocycles. The molecule has 10 nitrogen and oxygen atoms in total. The molecule has 1 N–H and O–H groups in total. The second-order valence-electron chi connectivity index (χ2n) is 7.84. The van der Waals surface area contributed by atoms with Gasteiger partial charge in [0, 0.05) is 4.90 Å². The first kappa shape index (κ1) is 29.5. The molecular weight excluding hydrogens is 542 g/mol. The number of hydrazone groups is 1. The number of anilines is 1. The molecule has 0 spiro atoms. The van der Waals surface area contributed by atoms with Crippen molar-refractivity contribution < 1.29 is 32.2 Å². The molecule has 0 radical (unpaired) electrons. The number of hydrogen-bond donors (Lipinski definition) is 1. The number of sulfonamides is 1. The van der Waals surface area contributed by atoms with Gasteiger partial charge in [0.05, 0.1) is 30.5 Å². The first-order valence-corrected chi connectivity index (χ1v) is 14.4. The maximum absolute atomic E-state index is 13.6. The van der Waals surface area contributed by atoms with Gasteiger partial charge in [0.2, 0.25) is 0 Å². The van der Waals surface area contributed by atoms with Gasteiger partial charge in [0.25, 0.3) is 15.9 Å². The Hall–Kier alpha value is -4.03. The highest BCUT2D eigenvalue weighted by molar-refractivity contribution is 7.98. The van der Waals surface area contributed by atoms with Crippen LogP contribution in [0.4, 0.5) is 5.69 Å². The van der Waals surface area contributed by atoms with Crippen molar-refractivity contribution in [3.63, 3.8) is 0 Å². The molecule has 0 atom stereocenters. The Kier molecular flexibility index (Phi) is 10.8. The first-order valence-electron chi connectivity index (χ1n) is 11.8. The number of methoxy groups -OCH3 is 1. The van der Waals surface area contributed by atoms with Crippen LogP contribution in [0.5, 0.6) is 11.5 Å². The molecule has 3 aromatic carbocycles.